The lowest BCUT2D eigenvalue weighted by Gasteiger charge is -2.34. The summed E-state index contributed by atoms with van der Waals surface area (Å²) in [6.07, 6.45) is 2.20. The number of hydrogen-bond donors (Lipinski definition) is 0. The van der Waals surface area contributed by atoms with Gasteiger partial charge in [-0.15, -0.1) is 0 Å². The molecule has 0 bridgehead atoms. The van der Waals surface area contributed by atoms with Crippen molar-refractivity contribution in [3.05, 3.63) is 0 Å². The van der Waals surface area contributed by atoms with Crippen molar-refractivity contribution < 1.29 is 14.3 Å². The van der Waals surface area contributed by atoms with Crippen LogP contribution in [0.2, 0.25) is 0 Å². The molecule has 0 aliphatic carbocycles. The molecule has 0 aromatic heterocycles. The first-order chi connectivity index (χ1) is 6.69. The van der Waals surface area contributed by atoms with Crippen LogP contribution in [0.15, 0.2) is 0 Å². The summed E-state index contributed by atoms with van der Waals surface area (Å²) in [5.74, 6) is 0. The van der Waals surface area contributed by atoms with Crippen LogP contribution in [0.1, 0.15) is 12.8 Å². The van der Waals surface area contributed by atoms with Gasteiger partial charge in [-0.2, -0.15) is 0 Å². The summed E-state index contributed by atoms with van der Waals surface area (Å²) in [4.78, 5) is 25.0. The van der Waals surface area contributed by atoms with Gasteiger partial charge in [0.2, 0.25) is 6.41 Å². The predicted octanol–water partition coefficient (Wildman–Crippen LogP) is 0.305. The minimum atomic E-state index is -0.280. The van der Waals surface area contributed by atoms with Crippen LogP contribution in [0.3, 0.4) is 0 Å². The number of hydrogen-bond acceptors (Lipinski definition) is 3. The summed E-state index contributed by atoms with van der Waals surface area (Å²) in [6.45, 7) is 1.32. The van der Waals surface area contributed by atoms with Gasteiger partial charge >= 0.3 is 6.09 Å². The molecule has 0 N–H and O–H groups in total. The molecule has 5 nitrogen and oxygen atoms in total. The molecule has 1 saturated heterocycles. The maximum Gasteiger partial charge on any atom is 0.409 e. The number of nitrogens with zero attached hydrogens (tertiary/aromatic N) is 2. The van der Waals surface area contributed by atoms with Crippen molar-refractivity contribution in [1.82, 2.24) is 9.80 Å². The molecule has 1 rings (SSSR count). The van der Waals surface area contributed by atoms with Crippen LogP contribution in [0.5, 0.6) is 0 Å². The minimum absolute atomic E-state index is 0.258. The van der Waals surface area contributed by atoms with E-state index in [1.54, 1.807) is 16.8 Å². The van der Waals surface area contributed by atoms with E-state index in [4.69, 9.17) is 0 Å². The van der Waals surface area contributed by atoms with Crippen molar-refractivity contribution in [2.75, 3.05) is 27.2 Å². The summed E-state index contributed by atoms with van der Waals surface area (Å²) < 4.78 is 4.62. The van der Waals surface area contributed by atoms with E-state index in [0.717, 1.165) is 19.3 Å². The lowest BCUT2D eigenvalue weighted by atomic mass is 10.0. The summed E-state index contributed by atoms with van der Waals surface area (Å²) in [6, 6.07) is 0.258. The maximum atomic E-state index is 11.1. The number of rotatable bonds is 2. The van der Waals surface area contributed by atoms with Gasteiger partial charge < -0.3 is 14.5 Å². The normalized spacial score (nSPS) is 17.7. The molecule has 0 saturated carbocycles. The Bertz CT molecular complexity index is 212. The smallest absolute Gasteiger partial charge is 0.409 e. The number of amides is 2. The highest BCUT2D eigenvalue weighted by Crippen LogP contribution is 2.14. The molecule has 1 aliphatic heterocycles. The second-order valence-corrected chi connectivity index (χ2v) is 3.46. The zero-order valence-electron chi connectivity index (χ0n) is 8.60. The van der Waals surface area contributed by atoms with E-state index in [1.165, 1.54) is 7.11 Å². The van der Waals surface area contributed by atoms with Gasteiger partial charge in [-0.05, 0) is 12.8 Å². The Kier molecular flexibility index (Phi) is 3.73. The summed E-state index contributed by atoms with van der Waals surface area (Å²) >= 11 is 0. The van der Waals surface area contributed by atoms with Crippen molar-refractivity contribution in [3.63, 3.8) is 0 Å². The maximum absolute atomic E-state index is 11.1. The Morgan fingerprint density at radius 1 is 1.50 bits per heavy atom. The number of methoxy groups -OCH3 is 1. The van der Waals surface area contributed by atoms with E-state index in [1.807, 2.05) is 0 Å². The van der Waals surface area contributed by atoms with Crippen molar-refractivity contribution in [1.29, 1.82) is 0 Å². The summed E-state index contributed by atoms with van der Waals surface area (Å²) in [5.41, 5.74) is 0. The first-order valence-corrected chi connectivity index (χ1v) is 4.69. The third kappa shape index (κ3) is 2.37. The molecule has 14 heavy (non-hydrogen) atoms. The molecule has 0 aromatic carbocycles. The zero-order valence-corrected chi connectivity index (χ0v) is 8.60. The number of ether oxygens (including phenoxy) is 1. The van der Waals surface area contributed by atoms with Crippen LogP contribution in [-0.2, 0) is 9.53 Å². The highest BCUT2D eigenvalue weighted by molar-refractivity contribution is 5.67. The van der Waals surface area contributed by atoms with E-state index in [-0.39, 0.29) is 12.1 Å². The fourth-order valence-corrected chi connectivity index (χ4v) is 1.67. The highest BCUT2D eigenvalue weighted by Gasteiger charge is 2.24. The topological polar surface area (TPSA) is 49.9 Å². The van der Waals surface area contributed by atoms with Crippen LogP contribution in [0, 0.1) is 0 Å². The third-order valence-corrected chi connectivity index (χ3v) is 2.64. The van der Waals surface area contributed by atoms with E-state index in [2.05, 4.69) is 4.74 Å². The van der Waals surface area contributed by atoms with Crippen LogP contribution in [0.25, 0.3) is 0 Å². The molecular weight excluding hydrogens is 184 g/mol. The average molecular weight is 200 g/mol. The fraction of sp³-hybridized carbons (Fsp3) is 0.778. The van der Waals surface area contributed by atoms with Crippen LogP contribution in [-0.4, -0.2) is 55.6 Å². The molecule has 1 heterocycles. The zero-order chi connectivity index (χ0) is 10.6. The molecule has 2 amide bonds. The monoisotopic (exact) mass is 200 g/mol. The Morgan fingerprint density at radius 2 is 2.07 bits per heavy atom. The van der Waals surface area contributed by atoms with Crippen LogP contribution in [0.4, 0.5) is 4.79 Å². The second-order valence-electron chi connectivity index (χ2n) is 3.46. The average Bonchev–Trinajstić information content (AvgIpc) is 2.27. The van der Waals surface area contributed by atoms with Gasteiger partial charge in [-0.25, -0.2) is 4.79 Å². The summed E-state index contributed by atoms with van der Waals surface area (Å²) in [5, 5.41) is 0. The van der Waals surface area contributed by atoms with Gasteiger partial charge in [0.15, 0.2) is 0 Å². The molecule has 0 radical (unpaired) electrons. The largest absolute Gasteiger partial charge is 0.453 e. The van der Waals surface area contributed by atoms with Gasteiger partial charge in [0.1, 0.15) is 0 Å². The number of carbonyl (C=O) groups excluding carboxylic acids is 2. The third-order valence-electron chi connectivity index (χ3n) is 2.64. The highest BCUT2D eigenvalue weighted by atomic mass is 16.5. The van der Waals surface area contributed by atoms with Gasteiger partial charge in [0, 0.05) is 26.2 Å². The van der Waals surface area contributed by atoms with Gasteiger partial charge in [-0.3, -0.25) is 4.79 Å². The van der Waals surface area contributed by atoms with E-state index < -0.39 is 0 Å². The second kappa shape index (κ2) is 4.83. The summed E-state index contributed by atoms with van der Waals surface area (Å²) in [7, 11) is 3.15. The molecule has 1 aliphatic rings. The van der Waals surface area contributed by atoms with Crippen LogP contribution >= 0.6 is 0 Å². The standard InChI is InChI=1S/C9H16N2O3/c1-10(7-12)8-3-5-11(6-4-8)9(13)14-2/h7-8H,3-6H2,1-2H3. The van der Waals surface area contributed by atoms with Crippen molar-refractivity contribution >= 4 is 12.5 Å². The first-order valence-electron chi connectivity index (χ1n) is 4.69. The Morgan fingerprint density at radius 3 is 2.50 bits per heavy atom. The Hall–Kier alpha value is -1.26. The minimum Gasteiger partial charge on any atom is -0.453 e. The molecule has 0 spiro atoms. The van der Waals surface area contributed by atoms with Crippen molar-refractivity contribution in [3.8, 4) is 0 Å². The Balaban J connectivity index is 2.38. The van der Waals surface area contributed by atoms with Gasteiger partial charge in [0.05, 0.1) is 7.11 Å². The van der Waals surface area contributed by atoms with E-state index in [9.17, 15) is 9.59 Å². The molecule has 1 fully saturated rings. The van der Waals surface area contributed by atoms with Crippen LogP contribution < -0.4 is 0 Å². The fourth-order valence-electron chi connectivity index (χ4n) is 1.67. The van der Waals surface area contributed by atoms with Gasteiger partial charge in [-0.1, -0.05) is 0 Å². The van der Waals surface area contributed by atoms with Crippen molar-refractivity contribution in [2.45, 2.75) is 18.9 Å². The molecule has 5 heteroatoms. The molecule has 0 atom stereocenters. The number of carbonyl (C=O) groups is 2. The SMILES string of the molecule is COC(=O)N1CCC(N(C)C=O)CC1. The quantitative estimate of drug-likeness (QED) is 0.603. The van der Waals surface area contributed by atoms with Crippen molar-refractivity contribution in [2.24, 2.45) is 0 Å². The molecular formula is C9H16N2O3. The first kappa shape index (κ1) is 10.8. The lowest BCUT2D eigenvalue weighted by Crippen LogP contribution is -2.45. The predicted molar refractivity (Wildman–Crippen MR) is 50.8 cm³/mol. The Labute approximate surface area is 83.6 Å². The lowest BCUT2D eigenvalue weighted by molar-refractivity contribution is -0.119. The van der Waals surface area contributed by atoms with E-state index >= 15 is 0 Å². The number of piperidine rings is 1. The molecule has 0 aromatic rings. The molecule has 80 valence electrons. The molecule has 0 unspecified atom stereocenters. The van der Waals surface area contributed by atoms with E-state index in [0.29, 0.717) is 13.1 Å². The van der Waals surface area contributed by atoms with Gasteiger partial charge in [0.25, 0.3) is 0 Å². The number of likely N-dealkylation sites (tertiary alicyclic amines) is 1.